The first-order valence-electron chi connectivity index (χ1n) is 5.60. The second-order valence-corrected chi connectivity index (χ2v) is 3.93. The van der Waals surface area contributed by atoms with Gasteiger partial charge in [0.25, 0.3) is 0 Å². The summed E-state index contributed by atoms with van der Waals surface area (Å²) in [5.74, 6) is 1.08. The molecular weight excluding hydrogens is 146 g/mol. The molecule has 1 aliphatic heterocycles. The number of likely N-dealkylation sites (tertiary alicyclic amines) is 1. The van der Waals surface area contributed by atoms with Crippen molar-refractivity contribution in [2.24, 2.45) is 5.92 Å². The van der Waals surface area contributed by atoms with Gasteiger partial charge in [0.15, 0.2) is 0 Å². The average molecular weight is 169 g/mol. The van der Waals surface area contributed by atoms with Gasteiger partial charge >= 0.3 is 0 Å². The summed E-state index contributed by atoms with van der Waals surface area (Å²) in [6, 6.07) is 0.889. The van der Waals surface area contributed by atoms with E-state index in [1.165, 1.54) is 38.8 Å². The third kappa shape index (κ3) is 2.78. The van der Waals surface area contributed by atoms with Crippen LogP contribution >= 0.6 is 0 Å². The van der Waals surface area contributed by atoms with E-state index in [0.29, 0.717) is 0 Å². The number of hydrogen-bond acceptors (Lipinski definition) is 1. The van der Waals surface area contributed by atoms with Crippen LogP contribution in [0.2, 0.25) is 0 Å². The van der Waals surface area contributed by atoms with Gasteiger partial charge in [-0.05, 0) is 45.1 Å². The van der Waals surface area contributed by atoms with E-state index in [1.54, 1.807) is 0 Å². The smallest absolute Gasteiger partial charge is 0.00675 e. The monoisotopic (exact) mass is 169 g/mol. The highest BCUT2D eigenvalue weighted by molar-refractivity contribution is 4.82. The van der Waals surface area contributed by atoms with Crippen molar-refractivity contribution >= 4 is 0 Å². The first kappa shape index (κ1) is 10.0. The van der Waals surface area contributed by atoms with E-state index in [0.717, 1.165) is 12.0 Å². The third-order valence-electron chi connectivity index (χ3n) is 2.88. The van der Waals surface area contributed by atoms with Crippen LogP contribution in [0, 0.1) is 5.92 Å². The normalized spacial score (nSPS) is 29.8. The van der Waals surface area contributed by atoms with Crippen LogP contribution < -0.4 is 0 Å². The molecule has 2 aliphatic rings. The Morgan fingerprint density at radius 3 is 2.25 bits per heavy atom. The Labute approximate surface area is 77.1 Å². The van der Waals surface area contributed by atoms with Gasteiger partial charge in [-0.15, -0.1) is 0 Å². The quantitative estimate of drug-likeness (QED) is 0.614. The fourth-order valence-electron chi connectivity index (χ4n) is 1.90. The summed E-state index contributed by atoms with van der Waals surface area (Å²) in [5, 5.41) is 0. The lowest BCUT2D eigenvalue weighted by molar-refractivity contribution is 0.258. The Morgan fingerprint density at radius 2 is 1.83 bits per heavy atom. The van der Waals surface area contributed by atoms with Crippen molar-refractivity contribution < 1.29 is 0 Å². The third-order valence-corrected chi connectivity index (χ3v) is 2.88. The van der Waals surface area contributed by atoms with Crippen molar-refractivity contribution in [3.05, 3.63) is 0 Å². The van der Waals surface area contributed by atoms with E-state index < -0.39 is 0 Å². The highest BCUT2D eigenvalue weighted by atomic mass is 15.2. The van der Waals surface area contributed by atoms with Crippen molar-refractivity contribution in [3.8, 4) is 0 Å². The number of hydrogen-bond donors (Lipinski definition) is 0. The van der Waals surface area contributed by atoms with Crippen molar-refractivity contribution in [1.29, 1.82) is 0 Å². The van der Waals surface area contributed by atoms with Crippen LogP contribution in [0.25, 0.3) is 0 Å². The van der Waals surface area contributed by atoms with E-state index in [-0.39, 0.29) is 0 Å². The van der Waals surface area contributed by atoms with Gasteiger partial charge in [0.05, 0.1) is 0 Å². The van der Waals surface area contributed by atoms with Gasteiger partial charge in [-0.3, -0.25) is 0 Å². The molecule has 1 saturated carbocycles. The van der Waals surface area contributed by atoms with Gasteiger partial charge in [0.1, 0.15) is 0 Å². The van der Waals surface area contributed by atoms with E-state index in [1.807, 2.05) is 13.8 Å². The lowest BCUT2D eigenvalue weighted by Gasteiger charge is -2.20. The molecule has 1 heteroatoms. The Bertz CT molecular complexity index is 118. The van der Waals surface area contributed by atoms with Crippen LogP contribution in [0.4, 0.5) is 0 Å². The van der Waals surface area contributed by atoms with Crippen LogP contribution in [0.1, 0.15) is 46.5 Å². The average Bonchev–Trinajstić information content (AvgIpc) is 2.82. The molecule has 0 aromatic carbocycles. The molecule has 0 bridgehead atoms. The van der Waals surface area contributed by atoms with Gasteiger partial charge in [-0.2, -0.15) is 0 Å². The molecule has 0 N–H and O–H groups in total. The second-order valence-electron chi connectivity index (χ2n) is 3.93. The molecule has 0 spiro atoms. The molecule has 12 heavy (non-hydrogen) atoms. The van der Waals surface area contributed by atoms with Crippen LogP contribution in [0.5, 0.6) is 0 Å². The van der Waals surface area contributed by atoms with E-state index >= 15 is 0 Å². The summed E-state index contributed by atoms with van der Waals surface area (Å²) in [6.45, 7) is 9.15. The highest BCUT2D eigenvalue weighted by Gasteiger charge is 2.28. The summed E-state index contributed by atoms with van der Waals surface area (Å²) in [7, 11) is 0. The zero-order valence-corrected chi connectivity index (χ0v) is 8.84. The minimum atomic E-state index is 0.889. The van der Waals surface area contributed by atoms with E-state index in [2.05, 4.69) is 11.8 Å². The van der Waals surface area contributed by atoms with Crippen LogP contribution in [0.3, 0.4) is 0 Å². The number of rotatable bonds is 2. The summed E-state index contributed by atoms with van der Waals surface area (Å²) in [5.41, 5.74) is 0. The standard InChI is InChI=1S/C9H17N.C2H6/c1-8-3-2-6-10(8)7-9-4-5-9;1-2/h8-9H,2-7H2,1H3;1-2H3. The van der Waals surface area contributed by atoms with E-state index in [4.69, 9.17) is 0 Å². The van der Waals surface area contributed by atoms with E-state index in [9.17, 15) is 0 Å². The molecule has 72 valence electrons. The lowest BCUT2D eigenvalue weighted by Crippen LogP contribution is -2.28. The van der Waals surface area contributed by atoms with Crippen molar-refractivity contribution in [2.45, 2.75) is 52.5 Å². The van der Waals surface area contributed by atoms with Crippen LogP contribution in [-0.2, 0) is 0 Å². The molecule has 2 fully saturated rings. The van der Waals surface area contributed by atoms with Gasteiger partial charge in [-0.25, -0.2) is 0 Å². The summed E-state index contributed by atoms with van der Waals surface area (Å²) in [6.07, 6.45) is 5.88. The van der Waals surface area contributed by atoms with Gasteiger partial charge in [0, 0.05) is 12.6 Å². The Balaban J connectivity index is 0.000000336. The van der Waals surface area contributed by atoms with Gasteiger partial charge < -0.3 is 4.90 Å². The topological polar surface area (TPSA) is 3.24 Å². The maximum Gasteiger partial charge on any atom is 0.00675 e. The van der Waals surface area contributed by atoms with Gasteiger partial charge in [0.2, 0.25) is 0 Å². The SMILES string of the molecule is CC.CC1CCCN1CC1CC1. The van der Waals surface area contributed by atoms with Gasteiger partial charge in [-0.1, -0.05) is 13.8 Å². The molecule has 1 atom stereocenters. The molecule has 1 aliphatic carbocycles. The first-order chi connectivity index (χ1) is 5.86. The van der Waals surface area contributed by atoms with Crippen molar-refractivity contribution in [2.75, 3.05) is 13.1 Å². The fourth-order valence-corrected chi connectivity index (χ4v) is 1.90. The van der Waals surface area contributed by atoms with Crippen LogP contribution in [0.15, 0.2) is 0 Å². The maximum absolute atomic E-state index is 2.66. The van der Waals surface area contributed by atoms with Crippen molar-refractivity contribution in [1.82, 2.24) is 4.90 Å². The Kier molecular flexibility index (Phi) is 4.07. The fraction of sp³-hybridized carbons (Fsp3) is 1.00. The summed E-state index contributed by atoms with van der Waals surface area (Å²) in [4.78, 5) is 2.66. The van der Waals surface area contributed by atoms with Crippen molar-refractivity contribution in [3.63, 3.8) is 0 Å². The lowest BCUT2D eigenvalue weighted by atomic mass is 10.2. The molecule has 1 heterocycles. The first-order valence-corrected chi connectivity index (χ1v) is 5.60. The molecule has 2 rings (SSSR count). The molecular formula is C11H23N. The largest absolute Gasteiger partial charge is 0.300 e. The molecule has 0 aromatic rings. The minimum absolute atomic E-state index is 0.889. The zero-order valence-electron chi connectivity index (χ0n) is 8.84. The second kappa shape index (κ2) is 4.86. The Morgan fingerprint density at radius 1 is 1.17 bits per heavy atom. The highest BCUT2D eigenvalue weighted by Crippen LogP contribution is 2.31. The molecule has 1 nitrogen and oxygen atoms in total. The summed E-state index contributed by atoms with van der Waals surface area (Å²) >= 11 is 0. The molecule has 0 aromatic heterocycles. The summed E-state index contributed by atoms with van der Waals surface area (Å²) < 4.78 is 0. The zero-order chi connectivity index (χ0) is 8.97. The Hall–Kier alpha value is -0.0400. The van der Waals surface area contributed by atoms with Crippen LogP contribution in [-0.4, -0.2) is 24.0 Å². The molecule has 1 unspecified atom stereocenters. The predicted octanol–water partition coefficient (Wildman–Crippen LogP) is 2.91. The molecule has 1 saturated heterocycles. The predicted molar refractivity (Wildman–Crippen MR) is 54.3 cm³/mol. The maximum atomic E-state index is 2.66. The number of nitrogens with zero attached hydrogens (tertiary/aromatic N) is 1. The molecule has 0 radical (unpaired) electrons. The minimum Gasteiger partial charge on any atom is -0.300 e. The molecule has 0 amide bonds.